The summed E-state index contributed by atoms with van der Waals surface area (Å²) in [5.41, 5.74) is 3.64. The monoisotopic (exact) mass is 573 g/mol. The van der Waals surface area contributed by atoms with Gasteiger partial charge in [-0.15, -0.1) is 0 Å². The smallest absolute Gasteiger partial charge is 0.424 e. The minimum atomic E-state index is -4.94. The molecule has 0 bridgehead atoms. The van der Waals surface area contributed by atoms with Gasteiger partial charge in [0.1, 0.15) is 11.6 Å². The van der Waals surface area contributed by atoms with E-state index in [1.807, 2.05) is 19.1 Å². The van der Waals surface area contributed by atoms with Crippen molar-refractivity contribution >= 4 is 5.97 Å². The maximum atomic E-state index is 14.9. The number of carbonyl (C=O) groups is 1. The van der Waals surface area contributed by atoms with Crippen LogP contribution in [-0.2, 0) is 16.0 Å². The maximum Gasteiger partial charge on any atom is 0.425 e. The largest absolute Gasteiger partial charge is 0.425 e. The van der Waals surface area contributed by atoms with E-state index in [9.17, 15) is 22.4 Å². The lowest BCUT2D eigenvalue weighted by atomic mass is 10.0. The summed E-state index contributed by atoms with van der Waals surface area (Å²) in [5.74, 6) is -2.73. The Kier molecular flexibility index (Phi) is 12.8. The van der Waals surface area contributed by atoms with E-state index >= 15 is 0 Å². The van der Waals surface area contributed by atoms with Gasteiger partial charge in [-0.1, -0.05) is 89.1 Å². The van der Waals surface area contributed by atoms with Crippen LogP contribution < -0.4 is 4.74 Å². The molecular formula is C33H39F4NO3. The van der Waals surface area contributed by atoms with Gasteiger partial charge in [-0.3, -0.25) is 4.98 Å². The number of rotatable bonds is 16. The molecule has 3 aromatic rings. The van der Waals surface area contributed by atoms with Crippen LogP contribution in [0.3, 0.4) is 0 Å². The van der Waals surface area contributed by atoms with Crippen molar-refractivity contribution in [2.75, 3.05) is 6.61 Å². The average Bonchev–Trinajstić information content (AvgIpc) is 2.95. The average molecular weight is 574 g/mol. The highest BCUT2D eigenvalue weighted by Crippen LogP contribution is 2.30. The van der Waals surface area contributed by atoms with E-state index in [1.54, 1.807) is 12.1 Å². The van der Waals surface area contributed by atoms with Gasteiger partial charge >= 0.3 is 12.1 Å². The SMILES string of the molecule is CCCCCCCCc1ccc(-c2ccc(-c3ccc(OC(=O)C(OCCCCC)C(F)(F)F)cc3F)cn2)cc1. The number of unbranched alkanes of at least 4 members (excludes halogenated alkanes) is 7. The van der Waals surface area contributed by atoms with Gasteiger partial charge in [0.25, 0.3) is 6.10 Å². The number of esters is 1. The Hall–Kier alpha value is -3.26. The number of pyridine rings is 1. The molecule has 222 valence electrons. The first kappa shape index (κ1) is 32.3. The molecule has 0 N–H and O–H groups in total. The van der Waals surface area contributed by atoms with E-state index in [1.165, 1.54) is 62.4 Å². The molecule has 1 unspecified atom stereocenters. The first-order chi connectivity index (χ1) is 19.7. The summed E-state index contributed by atoms with van der Waals surface area (Å²) in [5, 5.41) is 0. The van der Waals surface area contributed by atoms with E-state index in [0.717, 1.165) is 30.2 Å². The first-order valence-electron chi connectivity index (χ1n) is 14.5. The van der Waals surface area contributed by atoms with Crippen LogP contribution in [0.5, 0.6) is 5.75 Å². The lowest BCUT2D eigenvalue weighted by Gasteiger charge is -2.19. The van der Waals surface area contributed by atoms with Crippen molar-refractivity contribution in [2.45, 2.75) is 90.3 Å². The number of halogens is 4. The minimum absolute atomic E-state index is 0.182. The van der Waals surface area contributed by atoms with Crippen LogP contribution in [0.15, 0.2) is 60.8 Å². The molecule has 1 atom stereocenters. The van der Waals surface area contributed by atoms with E-state index in [0.29, 0.717) is 18.4 Å². The molecule has 1 heterocycles. The molecule has 41 heavy (non-hydrogen) atoms. The van der Waals surface area contributed by atoms with Crippen LogP contribution in [0.25, 0.3) is 22.4 Å². The topological polar surface area (TPSA) is 48.4 Å². The number of hydrogen-bond donors (Lipinski definition) is 0. The van der Waals surface area contributed by atoms with Gasteiger partial charge in [-0.25, -0.2) is 9.18 Å². The second-order valence-electron chi connectivity index (χ2n) is 10.2. The standard InChI is InChI=1S/C33H39F4NO3/c1-3-5-7-8-9-10-12-24-13-15-25(16-14-24)30-20-17-26(23-38-30)28-19-18-27(22-29(28)34)41-32(39)31(33(35,36)37)40-21-11-6-4-2/h13-20,22-23,31H,3-12,21H2,1-2H3. The molecule has 0 aliphatic rings. The lowest BCUT2D eigenvalue weighted by Crippen LogP contribution is -2.42. The van der Waals surface area contributed by atoms with Crippen LogP contribution in [-0.4, -0.2) is 29.8 Å². The van der Waals surface area contributed by atoms with E-state index in [4.69, 9.17) is 9.47 Å². The maximum absolute atomic E-state index is 14.9. The number of aryl methyl sites for hydroxylation is 1. The molecule has 4 nitrogen and oxygen atoms in total. The fraction of sp³-hybridized carbons (Fsp3) is 0.455. The molecule has 0 saturated carbocycles. The normalized spacial score (nSPS) is 12.3. The molecule has 1 aromatic heterocycles. The zero-order valence-electron chi connectivity index (χ0n) is 23.8. The molecule has 0 aliphatic carbocycles. The summed E-state index contributed by atoms with van der Waals surface area (Å²) in [7, 11) is 0. The minimum Gasteiger partial charge on any atom is -0.424 e. The molecule has 0 fully saturated rings. The Morgan fingerprint density at radius 3 is 2.12 bits per heavy atom. The van der Waals surface area contributed by atoms with Crippen molar-refractivity contribution in [3.8, 4) is 28.1 Å². The van der Waals surface area contributed by atoms with Crippen molar-refractivity contribution in [2.24, 2.45) is 0 Å². The summed E-state index contributed by atoms with van der Waals surface area (Å²) in [6, 6.07) is 15.3. The zero-order chi connectivity index (χ0) is 29.7. The quantitative estimate of drug-likeness (QED) is 0.0741. The number of carbonyl (C=O) groups excluding carboxylic acids is 1. The fourth-order valence-electron chi connectivity index (χ4n) is 4.49. The first-order valence-corrected chi connectivity index (χ1v) is 14.5. The molecule has 0 radical (unpaired) electrons. The van der Waals surface area contributed by atoms with Gasteiger partial charge in [-0.05, 0) is 43.0 Å². The van der Waals surface area contributed by atoms with Crippen molar-refractivity contribution < 1.29 is 31.8 Å². The van der Waals surface area contributed by atoms with Crippen molar-refractivity contribution in [3.05, 3.63) is 72.2 Å². The summed E-state index contributed by atoms with van der Waals surface area (Å²) >= 11 is 0. The molecule has 0 aliphatic heterocycles. The summed E-state index contributed by atoms with van der Waals surface area (Å²) in [6.45, 7) is 3.88. The number of alkyl halides is 3. The third kappa shape index (κ3) is 10.3. The number of nitrogens with zero attached hydrogens (tertiary/aromatic N) is 1. The Morgan fingerprint density at radius 1 is 0.829 bits per heavy atom. The van der Waals surface area contributed by atoms with Crippen molar-refractivity contribution in [1.29, 1.82) is 0 Å². The van der Waals surface area contributed by atoms with Gasteiger partial charge < -0.3 is 9.47 Å². The van der Waals surface area contributed by atoms with Crippen LogP contribution in [0.4, 0.5) is 17.6 Å². The summed E-state index contributed by atoms with van der Waals surface area (Å²) in [6.07, 6.45) is 4.31. The number of aromatic nitrogens is 1. The van der Waals surface area contributed by atoms with Crippen molar-refractivity contribution in [1.82, 2.24) is 4.98 Å². The van der Waals surface area contributed by atoms with Gasteiger partial charge in [0, 0.05) is 35.6 Å². The highest BCUT2D eigenvalue weighted by Gasteiger charge is 2.47. The molecule has 3 rings (SSSR count). The van der Waals surface area contributed by atoms with Crippen LogP contribution in [0.1, 0.15) is 77.2 Å². The Labute approximate surface area is 240 Å². The third-order valence-electron chi connectivity index (χ3n) is 6.85. The molecular weight excluding hydrogens is 534 g/mol. The highest BCUT2D eigenvalue weighted by atomic mass is 19.4. The Bertz CT molecular complexity index is 1210. The predicted molar refractivity (Wildman–Crippen MR) is 153 cm³/mol. The van der Waals surface area contributed by atoms with Gasteiger partial charge in [0.05, 0.1) is 5.69 Å². The van der Waals surface area contributed by atoms with E-state index in [2.05, 4.69) is 24.0 Å². The molecule has 2 aromatic carbocycles. The molecule has 8 heteroatoms. The predicted octanol–water partition coefficient (Wildman–Crippen LogP) is 9.50. The number of benzene rings is 2. The highest BCUT2D eigenvalue weighted by molar-refractivity contribution is 5.78. The van der Waals surface area contributed by atoms with Crippen LogP contribution >= 0.6 is 0 Å². The van der Waals surface area contributed by atoms with Crippen LogP contribution in [0.2, 0.25) is 0 Å². The summed E-state index contributed by atoms with van der Waals surface area (Å²) in [4.78, 5) is 16.7. The Balaban J connectivity index is 1.60. The lowest BCUT2D eigenvalue weighted by molar-refractivity contribution is -0.225. The molecule has 0 saturated heterocycles. The second kappa shape index (κ2) is 16.2. The molecule has 0 spiro atoms. The second-order valence-corrected chi connectivity index (χ2v) is 10.2. The number of ether oxygens (including phenoxy) is 2. The number of hydrogen-bond acceptors (Lipinski definition) is 4. The third-order valence-corrected chi connectivity index (χ3v) is 6.85. The van der Waals surface area contributed by atoms with Gasteiger partial charge in [0.15, 0.2) is 0 Å². The van der Waals surface area contributed by atoms with E-state index in [-0.39, 0.29) is 17.9 Å². The van der Waals surface area contributed by atoms with Gasteiger partial charge in [0.2, 0.25) is 0 Å². The zero-order valence-corrected chi connectivity index (χ0v) is 23.8. The van der Waals surface area contributed by atoms with Crippen molar-refractivity contribution in [3.63, 3.8) is 0 Å². The summed E-state index contributed by atoms with van der Waals surface area (Å²) < 4.78 is 64.4. The van der Waals surface area contributed by atoms with E-state index < -0.39 is 24.1 Å². The Morgan fingerprint density at radius 2 is 1.49 bits per heavy atom. The molecule has 0 amide bonds. The van der Waals surface area contributed by atoms with Crippen LogP contribution in [0, 0.1) is 5.82 Å². The van der Waals surface area contributed by atoms with Gasteiger partial charge in [-0.2, -0.15) is 13.2 Å². The fourth-order valence-corrected chi connectivity index (χ4v) is 4.49.